The van der Waals surface area contributed by atoms with Crippen LogP contribution in [0.2, 0.25) is 0 Å². The van der Waals surface area contributed by atoms with Crippen molar-refractivity contribution < 1.29 is 14.4 Å². The number of benzene rings is 1. The van der Waals surface area contributed by atoms with Crippen molar-refractivity contribution in [2.75, 3.05) is 32.5 Å². The van der Waals surface area contributed by atoms with Gasteiger partial charge in [-0.25, -0.2) is 4.79 Å². The van der Waals surface area contributed by atoms with Gasteiger partial charge in [0.2, 0.25) is 0 Å². The predicted octanol–water partition coefficient (Wildman–Crippen LogP) is 2.02. The van der Waals surface area contributed by atoms with E-state index < -0.39 is 6.10 Å². The molecule has 0 aliphatic rings. The fourth-order valence-electron chi connectivity index (χ4n) is 2.48. The highest BCUT2D eigenvalue weighted by atomic mass is 16.5. The van der Waals surface area contributed by atoms with Gasteiger partial charge < -0.3 is 19.8 Å². The molecular weight excluding hydrogens is 308 g/mol. The number of nitrogens with zero attached hydrogens (tertiary/aromatic N) is 2. The van der Waals surface area contributed by atoms with Crippen molar-refractivity contribution in [1.82, 2.24) is 15.4 Å². The first-order valence-corrected chi connectivity index (χ1v) is 7.81. The summed E-state index contributed by atoms with van der Waals surface area (Å²) in [6, 6.07) is 10.7. The van der Waals surface area contributed by atoms with E-state index in [0.717, 1.165) is 5.56 Å². The van der Waals surface area contributed by atoms with E-state index in [1.54, 1.807) is 13.0 Å². The second kappa shape index (κ2) is 8.47. The molecule has 2 amide bonds. The summed E-state index contributed by atoms with van der Waals surface area (Å²) < 4.78 is 4.90. The van der Waals surface area contributed by atoms with Gasteiger partial charge in [0, 0.05) is 25.1 Å². The van der Waals surface area contributed by atoms with Crippen LogP contribution in [0.25, 0.3) is 0 Å². The van der Waals surface area contributed by atoms with Crippen LogP contribution in [0.4, 0.5) is 10.6 Å². The topological polar surface area (TPSA) is 90.6 Å². The molecule has 1 aromatic carbocycles. The molecule has 0 saturated carbocycles. The highest BCUT2D eigenvalue weighted by Crippen LogP contribution is 2.22. The molecule has 0 fully saturated rings. The first-order valence-electron chi connectivity index (χ1n) is 7.81. The van der Waals surface area contributed by atoms with Crippen molar-refractivity contribution in [3.8, 4) is 0 Å². The molecule has 3 N–H and O–H groups in total. The number of aromatic nitrogens is 1. The maximum absolute atomic E-state index is 12.0. The normalized spacial score (nSPS) is 13.5. The van der Waals surface area contributed by atoms with Crippen LogP contribution >= 0.6 is 0 Å². The molecule has 0 spiro atoms. The van der Waals surface area contributed by atoms with Crippen LogP contribution in [0, 0.1) is 12.8 Å². The molecule has 1 aromatic heterocycles. The fraction of sp³-hybridized carbons (Fsp3) is 0.412. The van der Waals surface area contributed by atoms with Crippen molar-refractivity contribution in [3.05, 3.63) is 47.7 Å². The molecule has 130 valence electrons. The van der Waals surface area contributed by atoms with Crippen LogP contribution in [0.15, 0.2) is 40.9 Å². The zero-order valence-electron chi connectivity index (χ0n) is 14.2. The van der Waals surface area contributed by atoms with E-state index in [1.807, 2.05) is 49.3 Å². The van der Waals surface area contributed by atoms with Crippen LogP contribution in [-0.4, -0.2) is 48.4 Å². The molecular formula is C17H24N4O3. The molecule has 2 atom stereocenters. The Balaban J connectivity index is 1.94. The van der Waals surface area contributed by atoms with Gasteiger partial charge in [-0.05, 0) is 26.6 Å². The number of aryl methyl sites for hydroxylation is 1. The molecule has 7 heteroatoms. The Morgan fingerprint density at radius 2 is 2.04 bits per heavy atom. The molecule has 24 heavy (non-hydrogen) atoms. The maximum Gasteiger partial charge on any atom is 0.320 e. The van der Waals surface area contributed by atoms with E-state index in [4.69, 9.17) is 4.52 Å². The molecule has 2 aromatic rings. The standard InChI is InChI=1S/C17H24N4O3/c1-12-9-15(20-24-12)19-17(23)18-10-14(11-21(2)3)16(22)13-7-5-4-6-8-13/h4-9,14,16,22H,10-11H2,1-3H3,(H2,18,19,20,23)/t14-,16+/m0/s1. The van der Waals surface area contributed by atoms with Gasteiger partial charge in [-0.1, -0.05) is 35.5 Å². The molecule has 2 rings (SSSR count). The van der Waals surface area contributed by atoms with Crippen molar-refractivity contribution in [2.45, 2.75) is 13.0 Å². The minimum Gasteiger partial charge on any atom is -0.388 e. The molecule has 0 bridgehead atoms. The van der Waals surface area contributed by atoms with Crippen LogP contribution in [-0.2, 0) is 0 Å². The first kappa shape index (κ1) is 18.0. The van der Waals surface area contributed by atoms with Crippen LogP contribution < -0.4 is 10.6 Å². The Kier molecular flexibility index (Phi) is 6.34. The number of anilines is 1. The van der Waals surface area contributed by atoms with Crippen molar-refractivity contribution in [2.24, 2.45) is 5.92 Å². The van der Waals surface area contributed by atoms with Gasteiger partial charge in [0.25, 0.3) is 0 Å². The average molecular weight is 332 g/mol. The van der Waals surface area contributed by atoms with E-state index in [-0.39, 0.29) is 11.9 Å². The summed E-state index contributed by atoms with van der Waals surface area (Å²) in [7, 11) is 3.87. The van der Waals surface area contributed by atoms with E-state index in [0.29, 0.717) is 24.7 Å². The number of amides is 2. The summed E-state index contributed by atoms with van der Waals surface area (Å²) in [5.41, 5.74) is 0.832. The zero-order valence-corrected chi connectivity index (χ0v) is 14.2. The number of aliphatic hydroxyl groups excluding tert-OH is 1. The Bertz CT molecular complexity index is 642. The minimum absolute atomic E-state index is 0.146. The number of nitrogens with one attached hydrogen (secondary N) is 2. The number of urea groups is 1. The molecule has 0 unspecified atom stereocenters. The molecule has 0 saturated heterocycles. The second-order valence-corrected chi connectivity index (χ2v) is 6.04. The van der Waals surface area contributed by atoms with Crippen LogP contribution in [0.1, 0.15) is 17.4 Å². The fourth-order valence-corrected chi connectivity index (χ4v) is 2.48. The maximum atomic E-state index is 12.0. The smallest absolute Gasteiger partial charge is 0.320 e. The van der Waals surface area contributed by atoms with Crippen molar-refractivity contribution in [3.63, 3.8) is 0 Å². The van der Waals surface area contributed by atoms with Gasteiger partial charge in [0.15, 0.2) is 5.82 Å². The van der Waals surface area contributed by atoms with Gasteiger partial charge in [0.05, 0.1) is 6.10 Å². The number of aliphatic hydroxyl groups is 1. The lowest BCUT2D eigenvalue weighted by Gasteiger charge is -2.26. The van der Waals surface area contributed by atoms with E-state index in [1.165, 1.54) is 0 Å². The molecule has 1 heterocycles. The Morgan fingerprint density at radius 1 is 1.33 bits per heavy atom. The Hall–Kier alpha value is -2.38. The Morgan fingerprint density at radius 3 is 2.62 bits per heavy atom. The van der Waals surface area contributed by atoms with E-state index in [9.17, 15) is 9.90 Å². The van der Waals surface area contributed by atoms with Gasteiger partial charge in [-0.15, -0.1) is 0 Å². The highest BCUT2D eigenvalue weighted by Gasteiger charge is 2.22. The van der Waals surface area contributed by atoms with Crippen molar-refractivity contribution >= 4 is 11.8 Å². The molecule has 0 aliphatic heterocycles. The number of hydrogen-bond donors (Lipinski definition) is 3. The quantitative estimate of drug-likeness (QED) is 0.721. The number of carbonyl (C=O) groups is 1. The highest BCUT2D eigenvalue weighted by molar-refractivity contribution is 5.88. The van der Waals surface area contributed by atoms with Gasteiger partial charge in [-0.2, -0.15) is 0 Å². The monoisotopic (exact) mass is 332 g/mol. The van der Waals surface area contributed by atoms with Gasteiger partial charge in [0.1, 0.15) is 5.76 Å². The summed E-state index contributed by atoms with van der Waals surface area (Å²) in [5.74, 6) is 0.834. The van der Waals surface area contributed by atoms with Gasteiger partial charge >= 0.3 is 6.03 Å². The SMILES string of the molecule is Cc1cc(NC(=O)NC[C@@H](CN(C)C)[C@H](O)c2ccccc2)no1. The predicted molar refractivity (Wildman–Crippen MR) is 91.7 cm³/mol. The van der Waals surface area contributed by atoms with Crippen LogP contribution in [0.5, 0.6) is 0 Å². The lowest BCUT2D eigenvalue weighted by atomic mass is 9.95. The summed E-state index contributed by atoms with van der Waals surface area (Å²) in [4.78, 5) is 14.0. The summed E-state index contributed by atoms with van der Waals surface area (Å²) >= 11 is 0. The molecule has 7 nitrogen and oxygen atoms in total. The van der Waals surface area contributed by atoms with Crippen LogP contribution in [0.3, 0.4) is 0 Å². The number of rotatable bonds is 7. The third-order valence-electron chi connectivity index (χ3n) is 3.58. The summed E-state index contributed by atoms with van der Waals surface area (Å²) in [6.07, 6.45) is -0.664. The average Bonchev–Trinajstić information content (AvgIpc) is 2.96. The van der Waals surface area contributed by atoms with E-state index in [2.05, 4.69) is 15.8 Å². The van der Waals surface area contributed by atoms with Crippen molar-refractivity contribution in [1.29, 1.82) is 0 Å². The summed E-state index contributed by atoms with van der Waals surface area (Å²) in [6.45, 7) is 2.72. The van der Waals surface area contributed by atoms with E-state index >= 15 is 0 Å². The molecule has 0 aliphatic carbocycles. The van der Waals surface area contributed by atoms with Gasteiger partial charge in [-0.3, -0.25) is 5.32 Å². The second-order valence-electron chi connectivity index (χ2n) is 6.04. The lowest BCUT2D eigenvalue weighted by molar-refractivity contribution is 0.0911. The third kappa shape index (κ3) is 5.36. The Labute approximate surface area is 141 Å². The minimum atomic E-state index is -0.664. The summed E-state index contributed by atoms with van der Waals surface area (Å²) in [5, 5.41) is 19.7. The zero-order chi connectivity index (χ0) is 17.5. The lowest BCUT2D eigenvalue weighted by Crippen LogP contribution is -2.39. The third-order valence-corrected chi connectivity index (χ3v) is 3.58. The largest absolute Gasteiger partial charge is 0.388 e. The first-order chi connectivity index (χ1) is 11.5. The molecule has 0 radical (unpaired) electrons. The number of carbonyl (C=O) groups excluding carboxylic acids is 1. The number of hydrogen-bond acceptors (Lipinski definition) is 5.